The number of amides is 1. The van der Waals surface area contributed by atoms with Crippen LogP contribution in [0.25, 0.3) is 0 Å². The first-order valence-corrected chi connectivity index (χ1v) is 7.75. The normalized spacial score (nSPS) is 21.4. The third kappa shape index (κ3) is 4.03. The van der Waals surface area contributed by atoms with Gasteiger partial charge in [-0.3, -0.25) is 9.78 Å². The summed E-state index contributed by atoms with van der Waals surface area (Å²) in [5.41, 5.74) is 0.897. The van der Waals surface area contributed by atoms with Crippen molar-refractivity contribution in [2.24, 2.45) is 0 Å². The van der Waals surface area contributed by atoms with Crippen LogP contribution in [0.2, 0.25) is 0 Å². The van der Waals surface area contributed by atoms with Crippen molar-refractivity contribution in [3.05, 3.63) is 28.5 Å². The van der Waals surface area contributed by atoms with E-state index in [0.29, 0.717) is 5.56 Å². The largest absolute Gasteiger partial charge is 0.349 e. The average Bonchev–Trinajstić information content (AvgIpc) is 2.24. The number of nitrogens with one attached hydrogen (secondary N) is 1. The molecule has 0 aliphatic carbocycles. The fourth-order valence-electron chi connectivity index (χ4n) is 3.42. The number of halogens is 1. The van der Waals surface area contributed by atoms with E-state index in [1.165, 1.54) is 0 Å². The van der Waals surface area contributed by atoms with E-state index in [0.717, 1.165) is 17.3 Å². The summed E-state index contributed by atoms with van der Waals surface area (Å²) in [6, 6.07) is 2.00. The Balaban J connectivity index is 2.08. The quantitative estimate of drug-likeness (QED) is 0.863. The summed E-state index contributed by atoms with van der Waals surface area (Å²) in [6.07, 6.45) is 5.23. The minimum absolute atomic E-state index is 0.0442. The van der Waals surface area contributed by atoms with E-state index in [1.54, 1.807) is 18.5 Å². The maximum Gasteiger partial charge on any atom is 0.253 e. The highest BCUT2D eigenvalue weighted by Crippen LogP contribution is 2.22. The van der Waals surface area contributed by atoms with Crippen LogP contribution in [0.15, 0.2) is 22.9 Å². The summed E-state index contributed by atoms with van der Waals surface area (Å²) in [5, 5.41) is 5.56. The van der Waals surface area contributed by atoms with E-state index < -0.39 is 0 Å². The topological polar surface area (TPSA) is 58.6 Å². The van der Waals surface area contributed by atoms with Crippen molar-refractivity contribution >= 4 is 21.8 Å². The molecule has 0 aromatic carbocycles. The third-order valence-corrected chi connectivity index (χ3v) is 4.06. The van der Waals surface area contributed by atoms with Crippen LogP contribution in [0.5, 0.6) is 0 Å². The number of hydrogen-bond acceptors (Lipinski definition) is 2. The molecular weight excluding hydrogens is 318 g/mol. The van der Waals surface area contributed by atoms with Gasteiger partial charge in [0.15, 0.2) is 0 Å². The zero-order valence-electron chi connectivity index (χ0n) is 12.5. The molecule has 3 N–H and O–H groups in total. The molecule has 0 unspecified atom stereocenters. The number of nitrogens with zero attached hydrogens (tertiary/aromatic N) is 1. The number of piperidine rings is 1. The molecule has 1 saturated heterocycles. The molecular formula is C15H23BrN3O+. The fourth-order valence-corrected chi connectivity index (χ4v) is 3.79. The number of carbonyl (C=O) groups excluding carboxylic acids is 1. The number of quaternary nitrogens is 1. The summed E-state index contributed by atoms with van der Waals surface area (Å²) in [6.45, 7) is 8.92. The summed E-state index contributed by atoms with van der Waals surface area (Å²) >= 11 is 3.34. The van der Waals surface area contributed by atoms with Crippen LogP contribution in [-0.2, 0) is 0 Å². The van der Waals surface area contributed by atoms with Crippen LogP contribution in [0, 0.1) is 0 Å². The SMILES string of the molecule is CC1(C)CC(NC(=O)c2cncc(Br)c2)CC(C)(C)[NH2+]1. The monoisotopic (exact) mass is 340 g/mol. The number of carbonyl (C=O) groups is 1. The van der Waals surface area contributed by atoms with Gasteiger partial charge in [-0.15, -0.1) is 0 Å². The van der Waals surface area contributed by atoms with Crippen LogP contribution in [0.1, 0.15) is 50.9 Å². The van der Waals surface area contributed by atoms with Crippen LogP contribution >= 0.6 is 15.9 Å². The second kappa shape index (κ2) is 5.45. The number of aromatic nitrogens is 1. The van der Waals surface area contributed by atoms with Gasteiger partial charge < -0.3 is 10.6 Å². The Bertz CT molecular complexity index is 498. The van der Waals surface area contributed by atoms with Gasteiger partial charge in [-0.05, 0) is 49.7 Å². The number of nitrogens with two attached hydrogens (primary N) is 1. The molecule has 20 heavy (non-hydrogen) atoms. The van der Waals surface area contributed by atoms with Crippen LogP contribution in [-0.4, -0.2) is 28.0 Å². The van der Waals surface area contributed by atoms with Crippen molar-refractivity contribution in [3.63, 3.8) is 0 Å². The lowest BCUT2D eigenvalue weighted by Crippen LogP contribution is -3.06. The first-order valence-electron chi connectivity index (χ1n) is 6.95. The fraction of sp³-hybridized carbons (Fsp3) is 0.600. The molecule has 4 nitrogen and oxygen atoms in total. The Morgan fingerprint density at radius 1 is 1.30 bits per heavy atom. The molecule has 1 amide bonds. The van der Waals surface area contributed by atoms with Gasteiger partial charge in [0.1, 0.15) is 0 Å². The van der Waals surface area contributed by atoms with Crippen molar-refractivity contribution in [2.75, 3.05) is 0 Å². The van der Waals surface area contributed by atoms with E-state index in [4.69, 9.17) is 0 Å². The smallest absolute Gasteiger partial charge is 0.253 e. The minimum Gasteiger partial charge on any atom is -0.349 e. The van der Waals surface area contributed by atoms with Gasteiger partial charge in [-0.25, -0.2) is 0 Å². The number of hydrogen-bond donors (Lipinski definition) is 2. The molecule has 0 spiro atoms. The maximum absolute atomic E-state index is 12.3. The van der Waals surface area contributed by atoms with Gasteiger partial charge in [0.05, 0.1) is 16.6 Å². The van der Waals surface area contributed by atoms with Gasteiger partial charge in [0.2, 0.25) is 0 Å². The Morgan fingerprint density at radius 2 is 1.90 bits per heavy atom. The highest BCUT2D eigenvalue weighted by atomic mass is 79.9. The maximum atomic E-state index is 12.3. The van der Waals surface area contributed by atoms with Crippen molar-refractivity contribution in [3.8, 4) is 0 Å². The van der Waals surface area contributed by atoms with Gasteiger partial charge in [0, 0.05) is 35.7 Å². The second-order valence-corrected chi connectivity index (χ2v) is 8.01. The summed E-state index contributed by atoms with van der Waals surface area (Å²) in [5.74, 6) is -0.0442. The summed E-state index contributed by atoms with van der Waals surface area (Å²) < 4.78 is 0.822. The molecule has 1 aromatic heterocycles. The summed E-state index contributed by atoms with van der Waals surface area (Å²) in [4.78, 5) is 16.3. The zero-order chi connectivity index (χ0) is 15.0. The van der Waals surface area contributed by atoms with Gasteiger partial charge >= 0.3 is 0 Å². The van der Waals surface area contributed by atoms with E-state index >= 15 is 0 Å². The highest BCUT2D eigenvalue weighted by Gasteiger charge is 2.42. The molecule has 2 heterocycles. The van der Waals surface area contributed by atoms with Gasteiger partial charge in [0.25, 0.3) is 5.91 Å². The lowest BCUT2D eigenvalue weighted by Gasteiger charge is -2.43. The Morgan fingerprint density at radius 3 is 2.45 bits per heavy atom. The van der Waals surface area contributed by atoms with Crippen LogP contribution < -0.4 is 10.6 Å². The standard InChI is InChI=1S/C15H22BrN3O/c1-14(2)6-12(7-15(3,4)19-14)18-13(20)10-5-11(16)9-17-8-10/h5,8-9,12,19H,6-7H2,1-4H3,(H,18,20)/p+1. The number of rotatable bonds is 2. The minimum atomic E-state index is -0.0442. The molecule has 1 aromatic rings. The first-order chi connectivity index (χ1) is 9.17. The molecule has 0 atom stereocenters. The van der Waals surface area contributed by atoms with Gasteiger partial charge in [-0.1, -0.05) is 0 Å². The molecule has 110 valence electrons. The molecule has 5 heteroatoms. The zero-order valence-corrected chi connectivity index (χ0v) is 14.1. The second-order valence-electron chi connectivity index (χ2n) is 7.09. The van der Waals surface area contributed by atoms with Crippen molar-refractivity contribution in [2.45, 2.75) is 57.7 Å². The lowest BCUT2D eigenvalue weighted by molar-refractivity contribution is -0.787. The molecule has 0 saturated carbocycles. The highest BCUT2D eigenvalue weighted by molar-refractivity contribution is 9.10. The van der Waals surface area contributed by atoms with Crippen molar-refractivity contribution in [1.29, 1.82) is 0 Å². The third-order valence-electron chi connectivity index (χ3n) is 3.63. The van der Waals surface area contributed by atoms with E-state index in [1.807, 2.05) is 0 Å². The molecule has 1 aliphatic heterocycles. The molecule has 2 rings (SSSR count). The summed E-state index contributed by atoms with van der Waals surface area (Å²) in [7, 11) is 0. The Hall–Kier alpha value is -0.940. The predicted octanol–water partition coefficient (Wildman–Crippen LogP) is 1.86. The lowest BCUT2D eigenvalue weighted by atomic mass is 9.79. The molecule has 0 bridgehead atoms. The van der Waals surface area contributed by atoms with Gasteiger partial charge in [-0.2, -0.15) is 0 Å². The molecule has 0 radical (unpaired) electrons. The van der Waals surface area contributed by atoms with E-state index in [-0.39, 0.29) is 23.0 Å². The van der Waals surface area contributed by atoms with Crippen LogP contribution in [0.3, 0.4) is 0 Å². The van der Waals surface area contributed by atoms with E-state index in [2.05, 4.69) is 59.2 Å². The van der Waals surface area contributed by atoms with Crippen LogP contribution in [0.4, 0.5) is 0 Å². The first kappa shape index (κ1) is 15.4. The Labute approximate surface area is 128 Å². The molecule has 1 fully saturated rings. The van der Waals surface area contributed by atoms with Crippen molar-refractivity contribution < 1.29 is 10.1 Å². The predicted molar refractivity (Wildman–Crippen MR) is 82.5 cm³/mol. The molecule has 1 aliphatic rings. The number of pyridine rings is 1. The average molecular weight is 341 g/mol. The Kier molecular flexibility index (Phi) is 4.21. The van der Waals surface area contributed by atoms with E-state index in [9.17, 15) is 4.79 Å². The van der Waals surface area contributed by atoms with Crippen molar-refractivity contribution in [1.82, 2.24) is 10.3 Å².